The quantitative estimate of drug-likeness (QED) is 0.0134. The molecule has 0 aromatic carbocycles. The van der Waals surface area contributed by atoms with E-state index < -0.39 is 57.4 Å². The Bertz CT molecular complexity index is 1240. The standard InChI is InChI=1S/C43H72NO11P/c1-3-5-7-8-9-10-11-12-13-14-15-16-17-22-26-32-43(49)55-39(37-54-56(50,51)53-35-34-44)36-52-42(48)33-27-31-41(47)40(46)30-25-21-19-18-20-24-29-38(45)28-23-6-4-2/h9-10,12-13,15-16,18-21,24-25,29-30,38-41,45-47H,3-8,11,14,17,22-23,26-28,31-37,44H2,1-2H3,(H,50,51)/b10-9-,13-12-,16-15-,20-18-,21-19+,29-24+,30-25+/t38-,39-,40-,41-/m1/s1. The Hall–Kier alpha value is -2.93. The first-order valence-corrected chi connectivity index (χ1v) is 21.9. The van der Waals surface area contributed by atoms with Gasteiger partial charge in [-0.15, -0.1) is 0 Å². The molecule has 0 saturated heterocycles. The number of hydrogen-bond donors (Lipinski definition) is 5. The highest BCUT2D eigenvalue weighted by atomic mass is 31.2. The van der Waals surface area contributed by atoms with Crippen LogP contribution >= 0.6 is 7.82 Å². The minimum absolute atomic E-state index is 0.00617. The van der Waals surface area contributed by atoms with Gasteiger partial charge < -0.3 is 35.4 Å². The van der Waals surface area contributed by atoms with E-state index in [4.69, 9.17) is 24.3 Å². The molecule has 5 atom stereocenters. The summed E-state index contributed by atoms with van der Waals surface area (Å²) in [4.78, 5) is 34.8. The second kappa shape index (κ2) is 37.6. The van der Waals surface area contributed by atoms with Gasteiger partial charge in [-0.2, -0.15) is 0 Å². The number of nitrogens with two attached hydrogens (primary N) is 1. The number of rotatable bonds is 36. The Morgan fingerprint density at radius 2 is 1.23 bits per heavy atom. The van der Waals surface area contributed by atoms with Gasteiger partial charge in [0.25, 0.3) is 0 Å². The third-order valence-corrected chi connectivity index (χ3v) is 9.10. The smallest absolute Gasteiger partial charge is 0.462 e. The number of unbranched alkanes of at least 4 members (excludes halogenated alkanes) is 7. The van der Waals surface area contributed by atoms with Gasteiger partial charge in [0.05, 0.1) is 31.5 Å². The van der Waals surface area contributed by atoms with Gasteiger partial charge in [0.15, 0.2) is 6.10 Å². The van der Waals surface area contributed by atoms with Crippen LogP contribution in [0.1, 0.15) is 123 Å². The van der Waals surface area contributed by atoms with Crippen molar-refractivity contribution in [3.63, 3.8) is 0 Å². The van der Waals surface area contributed by atoms with E-state index in [0.717, 1.165) is 57.8 Å². The van der Waals surface area contributed by atoms with E-state index in [9.17, 15) is 34.4 Å². The molecule has 0 aliphatic heterocycles. The summed E-state index contributed by atoms with van der Waals surface area (Å²) < 4.78 is 32.4. The number of phosphoric acid groups is 1. The van der Waals surface area contributed by atoms with Gasteiger partial charge in [0.1, 0.15) is 6.61 Å². The predicted molar refractivity (Wildman–Crippen MR) is 223 cm³/mol. The lowest BCUT2D eigenvalue weighted by molar-refractivity contribution is -0.161. The van der Waals surface area contributed by atoms with E-state index in [2.05, 4.69) is 50.3 Å². The molecular weight excluding hydrogens is 737 g/mol. The maximum absolute atomic E-state index is 12.5. The molecule has 0 bridgehead atoms. The van der Waals surface area contributed by atoms with Crippen molar-refractivity contribution in [2.45, 2.75) is 147 Å². The van der Waals surface area contributed by atoms with E-state index in [1.54, 1.807) is 42.5 Å². The van der Waals surface area contributed by atoms with Gasteiger partial charge in [0, 0.05) is 19.4 Å². The summed E-state index contributed by atoms with van der Waals surface area (Å²) in [5, 5.41) is 30.4. The van der Waals surface area contributed by atoms with Crippen LogP contribution in [-0.4, -0.2) is 82.9 Å². The molecule has 0 spiro atoms. The van der Waals surface area contributed by atoms with Crippen molar-refractivity contribution < 1.29 is 52.9 Å². The average Bonchev–Trinajstić information content (AvgIpc) is 3.17. The van der Waals surface area contributed by atoms with Crippen molar-refractivity contribution >= 4 is 19.8 Å². The van der Waals surface area contributed by atoms with Crippen molar-refractivity contribution in [2.75, 3.05) is 26.4 Å². The fourth-order valence-electron chi connectivity index (χ4n) is 4.90. The largest absolute Gasteiger partial charge is 0.472 e. The number of hydrogen-bond acceptors (Lipinski definition) is 11. The SMILES string of the molecule is CCCCC/C=C\C/C=C\C/C=C\CCCCC(=O)O[C@H](COC(=O)CCC[C@@H](O)[C@H](O)/C=C/C=C/C=C\C=C\[C@H](O)CCCCC)COP(=O)(O)OCCN. The zero-order valence-corrected chi connectivity index (χ0v) is 34.8. The third-order valence-electron chi connectivity index (χ3n) is 8.12. The maximum Gasteiger partial charge on any atom is 0.472 e. The number of aliphatic hydroxyl groups is 3. The molecule has 0 aliphatic rings. The molecule has 1 unspecified atom stereocenters. The Morgan fingerprint density at radius 3 is 1.88 bits per heavy atom. The number of carbonyl (C=O) groups excluding carboxylic acids is 2. The van der Waals surface area contributed by atoms with Crippen LogP contribution in [0.25, 0.3) is 0 Å². The lowest BCUT2D eigenvalue weighted by Gasteiger charge is -2.20. The van der Waals surface area contributed by atoms with Crippen LogP contribution in [0.2, 0.25) is 0 Å². The van der Waals surface area contributed by atoms with Crippen LogP contribution in [0.5, 0.6) is 0 Å². The van der Waals surface area contributed by atoms with Gasteiger partial charge in [-0.1, -0.05) is 131 Å². The van der Waals surface area contributed by atoms with E-state index in [1.165, 1.54) is 25.3 Å². The molecule has 0 aliphatic carbocycles. The van der Waals surface area contributed by atoms with Crippen molar-refractivity contribution in [1.29, 1.82) is 0 Å². The fraction of sp³-hybridized carbons (Fsp3) is 0.628. The molecule has 56 heavy (non-hydrogen) atoms. The first-order valence-electron chi connectivity index (χ1n) is 20.4. The van der Waals surface area contributed by atoms with Gasteiger partial charge in [0.2, 0.25) is 0 Å². The first-order chi connectivity index (χ1) is 27.0. The summed E-state index contributed by atoms with van der Waals surface area (Å²) in [5.41, 5.74) is 5.31. The number of allylic oxidation sites excluding steroid dienone is 12. The highest BCUT2D eigenvalue weighted by Crippen LogP contribution is 2.43. The second-order valence-corrected chi connectivity index (χ2v) is 14.8. The molecule has 0 heterocycles. The lowest BCUT2D eigenvalue weighted by atomic mass is 10.1. The fourth-order valence-corrected chi connectivity index (χ4v) is 5.67. The summed E-state index contributed by atoms with van der Waals surface area (Å²) >= 11 is 0. The van der Waals surface area contributed by atoms with Crippen LogP contribution in [0.3, 0.4) is 0 Å². The topological polar surface area (TPSA) is 195 Å². The summed E-state index contributed by atoms with van der Waals surface area (Å²) in [5.74, 6) is -1.21. The molecule has 0 aromatic rings. The third kappa shape index (κ3) is 35.5. The molecule has 0 aromatic heterocycles. The molecule has 0 rings (SSSR count). The van der Waals surface area contributed by atoms with Crippen molar-refractivity contribution in [3.05, 3.63) is 85.1 Å². The van der Waals surface area contributed by atoms with Crippen LogP contribution in [-0.2, 0) is 32.7 Å². The molecule has 12 nitrogen and oxygen atoms in total. The Morgan fingerprint density at radius 1 is 0.661 bits per heavy atom. The monoisotopic (exact) mass is 809 g/mol. The van der Waals surface area contributed by atoms with Crippen LogP contribution in [0.4, 0.5) is 0 Å². The summed E-state index contributed by atoms with van der Waals surface area (Å²) in [6.07, 6.45) is 35.6. The molecule has 0 amide bonds. The van der Waals surface area contributed by atoms with Gasteiger partial charge in [-0.3, -0.25) is 18.6 Å². The van der Waals surface area contributed by atoms with Gasteiger partial charge >= 0.3 is 19.8 Å². The van der Waals surface area contributed by atoms with Gasteiger partial charge in [-0.05, 0) is 64.2 Å². The zero-order valence-electron chi connectivity index (χ0n) is 33.9. The number of esters is 2. The lowest BCUT2D eigenvalue weighted by Crippen LogP contribution is -2.30. The zero-order chi connectivity index (χ0) is 41.5. The molecule has 0 fully saturated rings. The van der Waals surface area contributed by atoms with E-state index in [-0.39, 0.29) is 38.8 Å². The van der Waals surface area contributed by atoms with E-state index >= 15 is 0 Å². The van der Waals surface area contributed by atoms with Crippen molar-refractivity contribution in [3.8, 4) is 0 Å². The second-order valence-electron chi connectivity index (χ2n) is 13.4. The molecule has 6 N–H and O–H groups in total. The van der Waals surface area contributed by atoms with Crippen molar-refractivity contribution in [2.24, 2.45) is 5.73 Å². The Balaban J connectivity index is 4.62. The highest BCUT2D eigenvalue weighted by molar-refractivity contribution is 7.47. The molecule has 13 heteroatoms. The molecule has 0 radical (unpaired) electrons. The predicted octanol–water partition coefficient (Wildman–Crippen LogP) is 8.18. The molecule has 0 saturated carbocycles. The average molecular weight is 810 g/mol. The molecular formula is C43H72NO11P. The van der Waals surface area contributed by atoms with Crippen LogP contribution in [0, 0.1) is 0 Å². The van der Waals surface area contributed by atoms with Crippen LogP contribution in [0.15, 0.2) is 85.1 Å². The van der Waals surface area contributed by atoms with E-state index in [1.807, 2.05) is 0 Å². The van der Waals surface area contributed by atoms with Crippen molar-refractivity contribution in [1.82, 2.24) is 0 Å². The number of ether oxygens (including phenoxy) is 2. The van der Waals surface area contributed by atoms with Gasteiger partial charge in [-0.25, -0.2) is 4.57 Å². The Kier molecular flexibility index (Phi) is 35.7. The van der Waals surface area contributed by atoms with Crippen LogP contribution < -0.4 is 5.73 Å². The minimum atomic E-state index is -4.47. The summed E-state index contributed by atoms with van der Waals surface area (Å²) in [7, 11) is -4.47. The summed E-state index contributed by atoms with van der Waals surface area (Å²) in [6.45, 7) is 3.12. The normalized spacial score (nSPS) is 15.9. The first kappa shape index (κ1) is 53.1. The minimum Gasteiger partial charge on any atom is -0.462 e. The number of phosphoric ester groups is 1. The maximum atomic E-state index is 12.5. The van der Waals surface area contributed by atoms with E-state index in [0.29, 0.717) is 6.42 Å². The highest BCUT2D eigenvalue weighted by Gasteiger charge is 2.26. The number of aliphatic hydroxyl groups excluding tert-OH is 3. The number of carbonyl (C=O) groups is 2. The summed E-state index contributed by atoms with van der Waals surface area (Å²) in [6, 6.07) is 0. The Labute approximate surface area is 336 Å². The molecule has 320 valence electrons.